The van der Waals surface area contributed by atoms with E-state index in [1.54, 1.807) is 0 Å². The number of amides is 2. The Labute approximate surface area is 243 Å². The van der Waals surface area contributed by atoms with Gasteiger partial charge in [-0.25, -0.2) is 23.1 Å². The summed E-state index contributed by atoms with van der Waals surface area (Å²) >= 11 is 0. The minimum absolute atomic E-state index is 0.0420. The molecule has 3 saturated heterocycles. The molecule has 3 fully saturated rings. The topological polar surface area (TPSA) is 103 Å². The number of ether oxygens (including phenoxy) is 1. The number of carbonyl (C=O) groups excluding carboxylic acids is 2. The van der Waals surface area contributed by atoms with Crippen LogP contribution in [0.3, 0.4) is 0 Å². The first kappa shape index (κ1) is 30.0. The number of benzene rings is 1. The first-order chi connectivity index (χ1) is 20.0. The summed E-state index contributed by atoms with van der Waals surface area (Å²) < 4.78 is 49.0. The van der Waals surface area contributed by atoms with Crippen LogP contribution in [0.5, 0.6) is 0 Å². The zero-order valence-electron chi connectivity index (χ0n) is 24.3. The lowest BCUT2D eigenvalue weighted by Gasteiger charge is -2.44. The highest BCUT2D eigenvalue weighted by Crippen LogP contribution is 2.37. The standard InChI is InChI=1S/C29H38F3N7O3/c1-16-13-39(14-17(2)37(16)4)25-9-23(30)20(19-10-34-29(35-11-19)38-5-6-42-18(3)15-38)7-24(25)36-28(41)22-12-33-26(40)8-21(22)27(31)32/h7,9-11,16-18,21-22,27H,5-6,8,12-15H2,1-4H3,(H,33,40)(H,36,41)/t16-,17+,18-,21?,22?/m1/s1. The second kappa shape index (κ2) is 12.4. The number of rotatable bonds is 6. The Balaban J connectivity index is 1.48. The minimum Gasteiger partial charge on any atom is -0.375 e. The Morgan fingerprint density at radius 3 is 2.43 bits per heavy atom. The highest BCUT2D eigenvalue weighted by Gasteiger charge is 2.40. The summed E-state index contributed by atoms with van der Waals surface area (Å²) in [5.41, 5.74) is 1.35. The molecule has 5 rings (SSSR count). The summed E-state index contributed by atoms with van der Waals surface area (Å²) in [4.78, 5) is 40.4. The molecule has 0 bridgehead atoms. The van der Waals surface area contributed by atoms with Gasteiger partial charge in [0.15, 0.2) is 0 Å². The largest absolute Gasteiger partial charge is 0.375 e. The van der Waals surface area contributed by atoms with Gasteiger partial charge >= 0.3 is 0 Å². The molecule has 3 aliphatic rings. The van der Waals surface area contributed by atoms with Gasteiger partial charge in [0.1, 0.15) is 5.82 Å². The molecule has 3 aliphatic heterocycles. The minimum atomic E-state index is -2.83. The van der Waals surface area contributed by atoms with E-state index in [0.29, 0.717) is 55.7 Å². The van der Waals surface area contributed by atoms with Crippen molar-refractivity contribution in [2.45, 2.75) is 51.8 Å². The Morgan fingerprint density at radius 1 is 1.10 bits per heavy atom. The van der Waals surface area contributed by atoms with Crippen molar-refractivity contribution in [1.29, 1.82) is 0 Å². The summed E-state index contributed by atoms with van der Waals surface area (Å²) in [7, 11) is 2.03. The molecule has 4 heterocycles. The summed E-state index contributed by atoms with van der Waals surface area (Å²) in [6.07, 6.45) is -0.151. The Kier molecular flexibility index (Phi) is 8.88. The fourth-order valence-corrected chi connectivity index (χ4v) is 5.95. The highest BCUT2D eigenvalue weighted by atomic mass is 19.3. The van der Waals surface area contributed by atoms with Gasteiger partial charge in [0.25, 0.3) is 0 Å². The van der Waals surface area contributed by atoms with Crippen LogP contribution in [-0.2, 0) is 14.3 Å². The molecule has 10 nitrogen and oxygen atoms in total. The zero-order valence-corrected chi connectivity index (χ0v) is 24.3. The van der Waals surface area contributed by atoms with Crippen LogP contribution in [0.4, 0.5) is 30.5 Å². The number of hydrogen-bond acceptors (Lipinski definition) is 8. The number of carbonyl (C=O) groups is 2. The lowest BCUT2D eigenvalue weighted by atomic mass is 9.85. The average molecular weight is 590 g/mol. The van der Waals surface area contributed by atoms with Crippen LogP contribution in [0.2, 0.25) is 0 Å². The van der Waals surface area contributed by atoms with E-state index < -0.39 is 42.3 Å². The maximum Gasteiger partial charge on any atom is 0.242 e. The van der Waals surface area contributed by atoms with E-state index in [9.17, 15) is 18.4 Å². The smallest absolute Gasteiger partial charge is 0.242 e. The van der Waals surface area contributed by atoms with Crippen LogP contribution >= 0.6 is 0 Å². The van der Waals surface area contributed by atoms with Gasteiger partial charge in [0.2, 0.25) is 24.2 Å². The third kappa shape index (κ3) is 6.31. The van der Waals surface area contributed by atoms with Crippen molar-refractivity contribution >= 4 is 29.1 Å². The predicted molar refractivity (Wildman–Crippen MR) is 153 cm³/mol. The van der Waals surface area contributed by atoms with E-state index in [1.165, 1.54) is 24.5 Å². The number of morpholine rings is 1. The molecule has 0 radical (unpaired) electrons. The van der Waals surface area contributed by atoms with Crippen molar-refractivity contribution < 1.29 is 27.5 Å². The van der Waals surface area contributed by atoms with E-state index in [0.717, 1.165) is 0 Å². The van der Waals surface area contributed by atoms with Crippen molar-refractivity contribution in [1.82, 2.24) is 20.2 Å². The number of likely N-dealkylation sites (N-methyl/N-ethyl adjacent to an activating group) is 1. The van der Waals surface area contributed by atoms with Crippen LogP contribution in [-0.4, -0.2) is 97.7 Å². The molecule has 5 atom stereocenters. The summed E-state index contributed by atoms with van der Waals surface area (Å²) in [6.45, 7) is 8.92. The van der Waals surface area contributed by atoms with Gasteiger partial charge in [-0.1, -0.05) is 0 Å². The van der Waals surface area contributed by atoms with E-state index in [1.807, 2.05) is 23.8 Å². The molecule has 2 amide bonds. The van der Waals surface area contributed by atoms with Crippen molar-refractivity contribution in [3.63, 3.8) is 0 Å². The Morgan fingerprint density at radius 2 is 1.79 bits per heavy atom. The maximum atomic E-state index is 15.8. The van der Waals surface area contributed by atoms with Gasteiger partial charge in [0, 0.05) is 80.7 Å². The van der Waals surface area contributed by atoms with Gasteiger partial charge in [-0.15, -0.1) is 0 Å². The van der Waals surface area contributed by atoms with Crippen LogP contribution in [0, 0.1) is 17.7 Å². The Bertz CT molecular complexity index is 1290. The number of anilines is 3. The van der Waals surface area contributed by atoms with Crippen molar-refractivity contribution in [2.75, 3.05) is 61.5 Å². The number of piperidine rings is 1. The van der Waals surface area contributed by atoms with Crippen LogP contribution in [0.25, 0.3) is 11.1 Å². The predicted octanol–water partition coefficient (Wildman–Crippen LogP) is 2.99. The Hall–Kier alpha value is -3.45. The average Bonchev–Trinajstić information content (AvgIpc) is 2.96. The molecule has 0 aliphatic carbocycles. The number of nitrogens with zero attached hydrogens (tertiary/aromatic N) is 5. The van der Waals surface area contributed by atoms with Gasteiger partial charge in [-0.2, -0.15) is 0 Å². The monoisotopic (exact) mass is 589 g/mol. The lowest BCUT2D eigenvalue weighted by molar-refractivity contribution is -0.133. The molecule has 2 N–H and O–H groups in total. The quantitative estimate of drug-likeness (QED) is 0.531. The zero-order chi connectivity index (χ0) is 30.1. The van der Waals surface area contributed by atoms with Crippen molar-refractivity contribution in [3.8, 4) is 11.1 Å². The van der Waals surface area contributed by atoms with Crippen molar-refractivity contribution in [3.05, 3.63) is 30.3 Å². The van der Waals surface area contributed by atoms with E-state index in [4.69, 9.17) is 4.74 Å². The number of aromatic nitrogens is 2. The summed E-state index contributed by atoms with van der Waals surface area (Å²) in [5, 5.41) is 5.34. The van der Waals surface area contributed by atoms with E-state index in [2.05, 4.69) is 39.3 Å². The fraction of sp³-hybridized carbons (Fsp3) is 0.586. The fourth-order valence-electron chi connectivity index (χ4n) is 5.95. The van der Waals surface area contributed by atoms with E-state index in [-0.39, 0.29) is 30.3 Å². The molecule has 228 valence electrons. The molecule has 0 saturated carbocycles. The van der Waals surface area contributed by atoms with Gasteiger partial charge in [-0.3, -0.25) is 14.5 Å². The molecule has 13 heteroatoms. The number of halogens is 3. The molecule has 1 aromatic heterocycles. The molecular formula is C29H38F3N7O3. The second-order valence-corrected chi connectivity index (χ2v) is 11.6. The second-order valence-electron chi connectivity index (χ2n) is 11.6. The summed E-state index contributed by atoms with van der Waals surface area (Å²) in [5.74, 6) is -3.71. The number of nitrogens with one attached hydrogen (secondary N) is 2. The molecular weight excluding hydrogens is 551 g/mol. The molecule has 0 spiro atoms. The van der Waals surface area contributed by atoms with Gasteiger partial charge < -0.3 is 25.2 Å². The van der Waals surface area contributed by atoms with Gasteiger partial charge in [0.05, 0.1) is 30.0 Å². The van der Waals surface area contributed by atoms with Crippen LogP contribution in [0.1, 0.15) is 27.2 Å². The number of hydrogen-bond donors (Lipinski definition) is 2. The number of alkyl halides is 2. The third-order valence-electron chi connectivity index (χ3n) is 8.63. The van der Waals surface area contributed by atoms with E-state index >= 15 is 4.39 Å². The van der Waals surface area contributed by atoms with Gasteiger partial charge in [-0.05, 0) is 40.0 Å². The SMILES string of the molecule is C[C@@H]1CN(c2ncc(-c3cc(NC(=O)C4CNC(=O)CC4C(F)F)c(N4C[C@@H](C)N(C)[C@@H](C)C4)cc3F)cn2)CCO1. The highest BCUT2D eigenvalue weighted by molar-refractivity contribution is 5.98. The molecule has 2 aromatic rings. The van der Waals surface area contributed by atoms with Crippen molar-refractivity contribution in [2.24, 2.45) is 11.8 Å². The first-order valence-corrected chi connectivity index (χ1v) is 14.4. The van der Waals surface area contributed by atoms with Crippen LogP contribution < -0.4 is 20.4 Å². The lowest BCUT2D eigenvalue weighted by Crippen LogP contribution is -2.55. The normalized spacial score (nSPS) is 27.2. The maximum absolute atomic E-state index is 15.8. The molecule has 42 heavy (non-hydrogen) atoms. The molecule has 1 aromatic carbocycles. The first-order valence-electron chi connectivity index (χ1n) is 14.4. The third-order valence-corrected chi connectivity index (χ3v) is 8.63. The van der Waals surface area contributed by atoms with Crippen LogP contribution in [0.15, 0.2) is 24.5 Å². The summed E-state index contributed by atoms with van der Waals surface area (Å²) in [6, 6.07) is 3.20. The molecule has 2 unspecified atom stereocenters. The number of piperazine rings is 1.